The highest BCUT2D eigenvalue weighted by Crippen LogP contribution is 2.25. The van der Waals surface area contributed by atoms with E-state index < -0.39 is 27.3 Å². The number of para-hydroxylation sites is 1. The van der Waals surface area contributed by atoms with Gasteiger partial charge in [0.05, 0.1) is 12.0 Å². The summed E-state index contributed by atoms with van der Waals surface area (Å²) in [6.07, 6.45) is 0. The van der Waals surface area contributed by atoms with Crippen molar-refractivity contribution in [1.82, 2.24) is 0 Å². The first-order valence-corrected chi connectivity index (χ1v) is 7.45. The number of methoxy groups -OCH3 is 1. The molecule has 0 radical (unpaired) electrons. The van der Waals surface area contributed by atoms with Crippen LogP contribution in [-0.2, 0) is 10.0 Å². The molecule has 4 nitrogen and oxygen atoms in total. The molecule has 7 heteroatoms. The third kappa shape index (κ3) is 3.13. The fourth-order valence-electron chi connectivity index (χ4n) is 1.84. The highest BCUT2D eigenvalue weighted by atomic mass is 32.2. The van der Waals surface area contributed by atoms with Crippen molar-refractivity contribution in [3.8, 4) is 5.75 Å². The standard InChI is InChI=1S/C14H13F2NO3S/c1-9-8-10(20-2)6-7-13(9)21(18,19)17-14-11(15)4-3-5-12(14)16/h3-8,17H,1-2H3. The second kappa shape index (κ2) is 5.69. The van der Waals surface area contributed by atoms with Crippen molar-refractivity contribution in [3.63, 3.8) is 0 Å². The number of anilines is 1. The number of nitrogens with one attached hydrogen (secondary N) is 1. The van der Waals surface area contributed by atoms with Crippen molar-refractivity contribution in [2.75, 3.05) is 11.8 Å². The van der Waals surface area contributed by atoms with Crippen LogP contribution in [0.3, 0.4) is 0 Å². The molecule has 0 saturated heterocycles. The summed E-state index contributed by atoms with van der Waals surface area (Å²) in [6.45, 7) is 1.56. The SMILES string of the molecule is COc1ccc(S(=O)(=O)Nc2c(F)cccc2F)c(C)c1. The average Bonchev–Trinajstić information content (AvgIpc) is 2.42. The van der Waals surface area contributed by atoms with Gasteiger partial charge in [0.1, 0.15) is 23.1 Å². The summed E-state index contributed by atoms with van der Waals surface area (Å²) in [5, 5.41) is 0. The zero-order chi connectivity index (χ0) is 15.6. The molecule has 0 amide bonds. The molecular weight excluding hydrogens is 300 g/mol. The summed E-state index contributed by atoms with van der Waals surface area (Å²) in [5.74, 6) is -1.47. The van der Waals surface area contributed by atoms with Gasteiger partial charge in [0.15, 0.2) is 0 Å². The summed E-state index contributed by atoms with van der Waals surface area (Å²) in [4.78, 5) is -0.0778. The van der Waals surface area contributed by atoms with Gasteiger partial charge in [0, 0.05) is 0 Å². The highest BCUT2D eigenvalue weighted by molar-refractivity contribution is 7.92. The molecule has 2 aromatic rings. The molecule has 1 N–H and O–H groups in total. The summed E-state index contributed by atoms with van der Waals surface area (Å²) in [6, 6.07) is 7.39. The molecule has 0 saturated carbocycles. The normalized spacial score (nSPS) is 11.2. The zero-order valence-electron chi connectivity index (χ0n) is 11.4. The molecule has 0 spiro atoms. The van der Waals surface area contributed by atoms with E-state index in [0.717, 1.165) is 18.2 Å². The van der Waals surface area contributed by atoms with E-state index in [2.05, 4.69) is 0 Å². The highest BCUT2D eigenvalue weighted by Gasteiger charge is 2.21. The number of benzene rings is 2. The molecule has 0 unspecified atom stereocenters. The Morgan fingerprint density at radius 1 is 1.10 bits per heavy atom. The maximum atomic E-state index is 13.5. The molecule has 0 heterocycles. The molecule has 21 heavy (non-hydrogen) atoms. The van der Waals surface area contributed by atoms with Gasteiger partial charge in [-0.15, -0.1) is 0 Å². The smallest absolute Gasteiger partial charge is 0.262 e. The lowest BCUT2D eigenvalue weighted by Crippen LogP contribution is -2.16. The number of sulfonamides is 1. The maximum absolute atomic E-state index is 13.5. The van der Waals surface area contributed by atoms with Gasteiger partial charge in [-0.25, -0.2) is 17.2 Å². The van der Waals surface area contributed by atoms with Crippen LogP contribution in [0.2, 0.25) is 0 Å². The summed E-state index contributed by atoms with van der Waals surface area (Å²) >= 11 is 0. The Morgan fingerprint density at radius 2 is 1.71 bits per heavy atom. The van der Waals surface area contributed by atoms with Gasteiger partial charge in [0.25, 0.3) is 10.0 Å². The number of hydrogen-bond donors (Lipinski definition) is 1. The van der Waals surface area contributed by atoms with Crippen LogP contribution in [0.25, 0.3) is 0 Å². The van der Waals surface area contributed by atoms with E-state index in [1.165, 1.54) is 25.3 Å². The molecule has 112 valence electrons. The Labute approximate surface area is 121 Å². The van der Waals surface area contributed by atoms with Gasteiger partial charge in [-0.3, -0.25) is 4.72 Å². The summed E-state index contributed by atoms with van der Waals surface area (Å²) in [5.41, 5.74) is -0.300. The fourth-order valence-corrected chi connectivity index (χ4v) is 3.14. The molecular formula is C14H13F2NO3S. The molecule has 0 bridgehead atoms. The lowest BCUT2D eigenvalue weighted by Gasteiger charge is -2.12. The van der Waals surface area contributed by atoms with Gasteiger partial charge >= 0.3 is 0 Å². The van der Waals surface area contributed by atoms with Gasteiger partial charge in [0.2, 0.25) is 0 Å². The van der Waals surface area contributed by atoms with Crippen LogP contribution in [0.1, 0.15) is 5.56 Å². The number of halogens is 2. The van der Waals surface area contributed by atoms with Crippen LogP contribution in [0.15, 0.2) is 41.3 Å². The third-order valence-corrected chi connectivity index (χ3v) is 4.38. The van der Waals surface area contributed by atoms with Gasteiger partial charge in [-0.2, -0.15) is 0 Å². The Balaban J connectivity index is 2.44. The van der Waals surface area contributed by atoms with Crippen molar-refractivity contribution in [3.05, 3.63) is 53.6 Å². The van der Waals surface area contributed by atoms with E-state index in [-0.39, 0.29) is 4.90 Å². The number of hydrogen-bond acceptors (Lipinski definition) is 3. The first-order chi connectivity index (χ1) is 9.85. The zero-order valence-corrected chi connectivity index (χ0v) is 12.2. The first kappa shape index (κ1) is 15.2. The molecule has 0 aliphatic rings. The van der Waals surface area contributed by atoms with Gasteiger partial charge in [-0.05, 0) is 42.8 Å². The molecule has 0 fully saturated rings. The van der Waals surface area contributed by atoms with Crippen LogP contribution in [0.5, 0.6) is 5.75 Å². The minimum atomic E-state index is -4.10. The second-order valence-corrected chi connectivity index (χ2v) is 5.98. The largest absolute Gasteiger partial charge is 0.497 e. The first-order valence-electron chi connectivity index (χ1n) is 5.96. The summed E-state index contributed by atoms with van der Waals surface area (Å²) < 4.78 is 58.5. The number of rotatable bonds is 4. The van der Waals surface area contributed by atoms with Crippen molar-refractivity contribution in [2.45, 2.75) is 11.8 Å². The molecule has 2 rings (SSSR count). The quantitative estimate of drug-likeness (QED) is 0.944. The summed E-state index contributed by atoms with van der Waals surface area (Å²) in [7, 11) is -2.65. The molecule has 0 aliphatic heterocycles. The van der Waals surface area contributed by atoms with Crippen molar-refractivity contribution in [2.24, 2.45) is 0 Å². The van der Waals surface area contributed by atoms with Crippen molar-refractivity contribution in [1.29, 1.82) is 0 Å². The van der Waals surface area contributed by atoms with Crippen LogP contribution in [0, 0.1) is 18.6 Å². The van der Waals surface area contributed by atoms with E-state index >= 15 is 0 Å². The molecule has 2 aromatic carbocycles. The van der Waals surface area contributed by atoms with E-state index in [1.807, 2.05) is 4.72 Å². The predicted molar refractivity (Wildman–Crippen MR) is 74.9 cm³/mol. The van der Waals surface area contributed by atoms with Crippen molar-refractivity contribution >= 4 is 15.7 Å². The Bertz CT molecular complexity index is 756. The van der Waals surface area contributed by atoms with Crippen LogP contribution < -0.4 is 9.46 Å². The molecule has 0 aromatic heterocycles. The Hall–Kier alpha value is -2.15. The minimum absolute atomic E-state index is 0.0778. The Kier molecular flexibility index (Phi) is 4.13. The van der Waals surface area contributed by atoms with E-state index in [1.54, 1.807) is 6.92 Å². The van der Waals surface area contributed by atoms with E-state index in [9.17, 15) is 17.2 Å². The van der Waals surface area contributed by atoms with Gasteiger partial charge in [-0.1, -0.05) is 6.07 Å². The third-order valence-electron chi connectivity index (χ3n) is 2.87. The number of aryl methyl sites for hydroxylation is 1. The van der Waals surface area contributed by atoms with Gasteiger partial charge < -0.3 is 4.74 Å². The van der Waals surface area contributed by atoms with E-state index in [0.29, 0.717) is 11.3 Å². The lowest BCUT2D eigenvalue weighted by atomic mass is 10.2. The van der Waals surface area contributed by atoms with Crippen LogP contribution in [0.4, 0.5) is 14.5 Å². The van der Waals surface area contributed by atoms with Crippen molar-refractivity contribution < 1.29 is 21.9 Å². The lowest BCUT2D eigenvalue weighted by molar-refractivity contribution is 0.414. The molecule has 0 aliphatic carbocycles. The second-order valence-electron chi connectivity index (χ2n) is 4.33. The van der Waals surface area contributed by atoms with Crippen LogP contribution >= 0.6 is 0 Å². The topological polar surface area (TPSA) is 55.4 Å². The Morgan fingerprint density at radius 3 is 2.24 bits per heavy atom. The number of ether oxygens (including phenoxy) is 1. The fraction of sp³-hybridized carbons (Fsp3) is 0.143. The predicted octanol–water partition coefficient (Wildman–Crippen LogP) is 3.08. The minimum Gasteiger partial charge on any atom is -0.497 e. The average molecular weight is 313 g/mol. The van der Waals surface area contributed by atoms with E-state index in [4.69, 9.17) is 4.74 Å². The molecule has 0 atom stereocenters. The maximum Gasteiger partial charge on any atom is 0.262 e. The van der Waals surface area contributed by atoms with Crippen LogP contribution in [-0.4, -0.2) is 15.5 Å². The monoisotopic (exact) mass is 313 g/mol.